The number of rotatable bonds is 2. The summed E-state index contributed by atoms with van der Waals surface area (Å²) in [6, 6.07) is 12.6. The van der Waals surface area contributed by atoms with Gasteiger partial charge in [-0.2, -0.15) is 0 Å². The van der Waals surface area contributed by atoms with Gasteiger partial charge in [-0.1, -0.05) is 24.3 Å². The quantitative estimate of drug-likeness (QED) is 0.768. The van der Waals surface area contributed by atoms with E-state index in [1.807, 2.05) is 6.92 Å². The molecular formula is C17H19N3. The third-order valence-corrected chi connectivity index (χ3v) is 3.73. The number of aryl methyl sites for hydroxylation is 2. The molecule has 0 fully saturated rings. The number of imidazole rings is 1. The summed E-state index contributed by atoms with van der Waals surface area (Å²) < 4.78 is 2.13. The van der Waals surface area contributed by atoms with Crippen LogP contribution in [0.4, 0.5) is 0 Å². The van der Waals surface area contributed by atoms with Gasteiger partial charge in [-0.15, -0.1) is 0 Å². The zero-order chi connectivity index (χ0) is 14.3. The Labute approximate surface area is 119 Å². The zero-order valence-corrected chi connectivity index (χ0v) is 12.1. The highest BCUT2D eigenvalue weighted by atomic mass is 15.0. The maximum absolute atomic E-state index is 5.89. The minimum absolute atomic E-state index is 0.0638. The van der Waals surface area contributed by atoms with Crippen LogP contribution in [0, 0.1) is 13.8 Å². The van der Waals surface area contributed by atoms with Crippen molar-refractivity contribution in [1.29, 1.82) is 0 Å². The van der Waals surface area contributed by atoms with E-state index in [-0.39, 0.29) is 6.04 Å². The zero-order valence-electron chi connectivity index (χ0n) is 12.1. The van der Waals surface area contributed by atoms with E-state index in [0.29, 0.717) is 0 Å². The van der Waals surface area contributed by atoms with E-state index in [2.05, 4.69) is 60.8 Å². The summed E-state index contributed by atoms with van der Waals surface area (Å²) >= 11 is 0. The molecule has 1 unspecified atom stereocenters. The topological polar surface area (TPSA) is 43.3 Å². The van der Waals surface area contributed by atoms with Crippen molar-refractivity contribution in [2.75, 3.05) is 0 Å². The standard InChI is InChI=1S/C17H19N3/c1-11-8-9-20-13(3)17(19-16(20)10-11)15-6-4-14(5-7-15)12(2)18/h4-10,12H,18H2,1-3H3. The number of benzene rings is 1. The number of hydrogen-bond acceptors (Lipinski definition) is 2. The van der Waals surface area contributed by atoms with Crippen LogP contribution in [0.25, 0.3) is 16.9 Å². The molecule has 2 heterocycles. The predicted molar refractivity (Wildman–Crippen MR) is 82.7 cm³/mol. The summed E-state index contributed by atoms with van der Waals surface area (Å²) in [7, 11) is 0. The monoisotopic (exact) mass is 265 g/mol. The van der Waals surface area contributed by atoms with Gasteiger partial charge in [0.25, 0.3) is 0 Å². The molecule has 0 bridgehead atoms. The van der Waals surface area contributed by atoms with Gasteiger partial charge >= 0.3 is 0 Å². The van der Waals surface area contributed by atoms with E-state index < -0.39 is 0 Å². The van der Waals surface area contributed by atoms with Gasteiger partial charge in [0.1, 0.15) is 5.65 Å². The predicted octanol–water partition coefficient (Wildman–Crippen LogP) is 3.64. The van der Waals surface area contributed by atoms with Crippen molar-refractivity contribution in [3.8, 4) is 11.3 Å². The molecule has 3 rings (SSSR count). The van der Waals surface area contributed by atoms with Gasteiger partial charge in [0.15, 0.2) is 0 Å². The maximum atomic E-state index is 5.89. The first kappa shape index (κ1) is 12.9. The Balaban J connectivity index is 2.11. The Morgan fingerprint density at radius 3 is 2.45 bits per heavy atom. The van der Waals surface area contributed by atoms with E-state index in [0.717, 1.165) is 28.2 Å². The lowest BCUT2D eigenvalue weighted by Gasteiger charge is -2.06. The Morgan fingerprint density at radius 1 is 1.10 bits per heavy atom. The lowest BCUT2D eigenvalue weighted by molar-refractivity contribution is 0.818. The molecule has 0 aliphatic heterocycles. The van der Waals surface area contributed by atoms with Crippen molar-refractivity contribution >= 4 is 5.65 Å². The highest BCUT2D eigenvalue weighted by Crippen LogP contribution is 2.25. The van der Waals surface area contributed by atoms with E-state index in [4.69, 9.17) is 10.7 Å². The van der Waals surface area contributed by atoms with E-state index in [9.17, 15) is 0 Å². The van der Waals surface area contributed by atoms with Gasteiger partial charge in [0.2, 0.25) is 0 Å². The van der Waals surface area contributed by atoms with Gasteiger partial charge in [-0.25, -0.2) is 4.98 Å². The molecule has 0 amide bonds. The average Bonchev–Trinajstić information content (AvgIpc) is 2.75. The Bertz CT molecular complexity index is 752. The maximum Gasteiger partial charge on any atom is 0.137 e. The smallest absolute Gasteiger partial charge is 0.137 e. The second-order valence-electron chi connectivity index (χ2n) is 5.39. The van der Waals surface area contributed by atoms with Crippen molar-refractivity contribution in [3.05, 3.63) is 59.4 Å². The molecule has 102 valence electrons. The molecule has 0 aliphatic rings. The Hall–Kier alpha value is -2.13. The normalized spacial score (nSPS) is 12.8. The second kappa shape index (κ2) is 4.76. The molecule has 3 nitrogen and oxygen atoms in total. The summed E-state index contributed by atoms with van der Waals surface area (Å²) in [6.45, 7) is 6.18. The lowest BCUT2D eigenvalue weighted by atomic mass is 10.0. The van der Waals surface area contributed by atoms with Crippen LogP contribution in [0.15, 0.2) is 42.6 Å². The fourth-order valence-electron chi connectivity index (χ4n) is 2.49. The molecule has 20 heavy (non-hydrogen) atoms. The van der Waals surface area contributed by atoms with Crippen LogP contribution in [0.3, 0.4) is 0 Å². The summed E-state index contributed by atoms with van der Waals surface area (Å²) in [4.78, 5) is 4.75. The van der Waals surface area contributed by atoms with Gasteiger partial charge in [0, 0.05) is 23.5 Å². The summed E-state index contributed by atoms with van der Waals surface area (Å²) in [5.74, 6) is 0. The number of nitrogens with two attached hydrogens (primary N) is 1. The average molecular weight is 265 g/mol. The highest BCUT2D eigenvalue weighted by molar-refractivity contribution is 5.66. The molecule has 1 atom stereocenters. The fraction of sp³-hybridized carbons (Fsp3) is 0.235. The first-order chi connectivity index (χ1) is 9.56. The largest absolute Gasteiger partial charge is 0.324 e. The molecule has 2 aromatic heterocycles. The molecule has 0 spiro atoms. The minimum atomic E-state index is 0.0638. The number of aromatic nitrogens is 2. The van der Waals surface area contributed by atoms with Crippen LogP contribution >= 0.6 is 0 Å². The lowest BCUT2D eigenvalue weighted by Crippen LogP contribution is -2.04. The molecule has 3 aromatic rings. The van der Waals surface area contributed by atoms with Gasteiger partial charge in [-0.3, -0.25) is 0 Å². The van der Waals surface area contributed by atoms with Crippen LogP contribution < -0.4 is 5.73 Å². The molecular weight excluding hydrogens is 246 g/mol. The van der Waals surface area contributed by atoms with Crippen LogP contribution in [-0.2, 0) is 0 Å². The summed E-state index contributed by atoms with van der Waals surface area (Å²) in [5.41, 5.74) is 12.6. The van der Waals surface area contributed by atoms with Crippen molar-refractivity contribution in [3.63, 3.8) is 0 Å². The molecule has 0 saturated heterocycles. The molecule has 2 N–H and O–H groups in total. The summed E-state index contributed by atoms with van der Waals surface area (Å²) in [5, 5.41) is 0. The molecule has 3 heteroatoms. The Morgan fingerprint density at radius 2 is 1.80 bits per heavy atom. The van der Waals surface area contributed by atoms with Crippen molar-refractivity contribution in [2.45, 2.75) is 26.8 Å². The minimum Gasteiger partial charge on any atom is -0.324 e. The number of pyridine rings is 1. The van der Waals surface area contributed by atoms with E-state index in [1.54, 1.807) is 0 Å². The molecule has 0 radical (unpaired) electrons. The van der Waals surface area contributed by atoms with Crippen LogP contribution in [0.5, 0.6) is 0 Å². The molecule has 0 aliphatic carbocycles. The number of nitrogens with zero attached hydrogens (tertiary/aromatic N) is 2. The fourth-order valence-corrected chi connectivity index (χ4v) is 2.49. The highest BCUT2D eigenvalue weighted by Gasteiger charge is 2.10. The van der Waals surface area contributed by atoms with Gasteiger partial charge < -0.3 is 10.1 Å². The third-order valence-electron chi connectivity index (χ3n) is 3.73. The first-order valence-corrected chi connectivity index (χ1v) is 6.87. The van der Waals surface area contributed by atoms with Gasteiger partial charge in [0.05, 0.1) is 5.69 Å². The van der Waals surface area contributed by atoms with Crippen molar-refractivity contribution < 1.29 is 0 Å². The van der Waals surface area contributed by atoms with Gasteiger partial charge in [-0.05, 0) is 44.0 Å². The van der Waals surface area contributed by atoms with Crippen molar-refractivity contribution in [1.82, 2.24) is 9.38 Å². The van der Waals surface area contributed by atoms with Crippen LogP contribution in [0.2, 0.25) is 0 Å². The van der Waals surface area contributed by atoms with Crippen molar-refractivity contribution in [2.24, 2.45) is 5.73 Å². The number of hydrogen-bond donors (Lipinski definition) is 1. The van der Waals surface area contributed by atoms with E-state index >= 15 is 0 Å². The second-order valence-corrected chi connectivity index (χ2v) is 5.39. The SMILES string of the molecule is Cc1ccn2c(C)c(-c3ccc(C(C)N)cc3)nc2c1. The number of fused-ring (bicyclic) bond motifs is 1. The summed E-state index contributed by atoms with van der Waals surface area (Å²) in [6.07, 6.45) is 2.08. The third kappa shape index (κ3) is 2.10. The molecule has 0 saturated carbocycles. The van der Waals surface area contributed by atoms with Crippen LogP contribution in [0.1, 0.15) is 29.8 Å². The first-order valence-electron chi connectivity index (χ1n) is 6.87. The Kier molecular flexibility index (Phi) is 3.07. The molecule has 1 aromatic carbocycles. The van der Waals surface area contributed by atoms with Crippen LogP contribution in [-0.4, -0.2) is 9.38 Å². The van der Waals surface area contributed by atoms with E-state index in [1.165, 1.54) is 5.56 Å².